The van der Waals surface area contributed by atoms with E-state index in [1.54, 1.807) is 0 Å². The molecule has 0 saturated carbocycles. The molecular weight excluding hydrogens is 252 g/mol. The summed E-state index contributed by atoms with van der Waals surface area (Å²) in [5, 5.41) is 0. The molecule has 1 fully saturated rings. The van der Waals surface area contributed by atoms with E-state index in [0.717, 1.165) is 6.54 Å². The highest BCUT2D eigenvalue weighted by molar-refractivity contribution is 7.98. The van der Waals surface area contributed by atoms with Gasteiger partial charge in [0.05, 0.1) is 5.69 Å². The Morgan fingerprint density at radius 2 is 1.89 bits per heavy atom. The maximum absolute atomic E-state index is 2.62. The predicted octanol–water partition coefficient (Wildman–Crippen LogP) is 3.72. The minimum absolute atomic E-state index is 1.15. The van der Waals surface area contributed by atoms with Crippen molar-refractivity contribution in [3.05, 3.63) is 24.3 Å². The number of likely N-dealkylation sites (tertiary alicyclic amines) is 1. The Labute approximate surface area is 122 Å². The molecule has 19 heavy (non-hydrogen) atoms. The van der Waals surface area contributed by atoms with Crippen LogP contribution < -0.4 is 4.90 Å². The molecule has 0 N–H and O–H groups in total. The molecule has 0 radical (unpaired) electrons. The van der Waals surface area contributed by atoms with Gasteiger partial charge in [0.15, 0.2) is 0 Å². The van der Waals surface area contributed by atoms with Gasteiger partial charge in [-0.2, -0.15) is 0 Å². The summed E-state index contributed by atoms with van der Waals surface area (Å²) in [6.07, 6.45) is 7.63. The average Bonchev–Trinajstić information content (AvgIpc) is 2.48. The molecule has 0 unspecified atom stereocenters. The number of para-hydroxylation sites is 1. The summed E-state index contributed by atoms with van der Waals surface area (Å²) in [5.41, 5.74) is 1.37. The smallest absolute Gasteiger partial charge is 0.0501 e. The van der Waals surface area contributed by atoms with Gasteiger partial charge in [-0.1, -0.05) is 18.6 Å². The lowest BCUT2D eigenvalue weighted by Gasteiger charge is -2.28. The van der Waals surface area contributed by atoms with E-state index in [-0.39, 0.29) is 0 Å². The molecule has 2 nitrogen and oxygen atoms in total. The number of thioether (sulfide) groups is 1. The summed E-state index contributed by atoms with van der Waals surface area (Å²) >= 11 is 1.83. The van der Waals surface area contributed by atoms with Crippen LogP contribution in [-0.2, 0) is 0 Å². The Morgan fingerprint density at radius 3 is 2.63 bits per heavy atom. The highest BCUT2D eigenvalue weighted by Gasteiger charge is 2.10. The van der Waals surface area contributed by atoms with Crippen LogP contribution in [0.4, 0.5) is 5.69 Å². The molecule has 106 valence electrons. The first kappa shape index (κ1) is 14.7. The second-order valence-electron chi connectivity index (χ2n) is 5.35. The standard InChI is InChI=1S/C16H26N2S/c1-17(15-9-4-5-10-16(15)19-2)11-8-14-18-12-6-3-7-13-18/h4-5,9-10H,3,6-8,11-14H2,1-2H3. The van der Waals surface area contributed by atoms with Crippen molar-refractivity contribution >= 4 is 17.4 Å². The summed E-state index contributed by atoms with van der Waals surface area (Å²) in [6, 6.07) is 8.70. The number of benzene rings is 1. The SMILES string of the molecule is CSc1ccccc1N(C)CCCN1CCCCC1. The van der Waals surface area contributed by atoms with E-state index in [4.69, 9.17) is 0 Å². The van der Waals surface area contributed by atoms with Crippen molar-refractivity contribution in [2.24, 2.45) is 0 Å². The minimum Gasteiger partial charge on any atom is -0.374 e. The zero-order valence-electron chi connectivity index (χ0n) is 12.3. The number of piperidine rings is 1. The van der Waals surface area contributed by atoms with E-state index < -0.39 is 0 Å². The van der Waals surface area contributed by atoms with Crippen LogP contribution in [0.2, 0.25) is 0 Å². The Kier molecular flexibility index (Phi) is 6.05. The second kappa shape index (κ2) is 7.81. The van der Waals surface area contributed by atoms with Gasteiger partial charge < -0.3 is 9.80 Å². The Morgan fingerprint density at radius 1 is 1.16 bits per heavy atom. The molecule has 1 aromatic rings. The van der Waals surface area contributed by atoms with E-state index in [2.05, 4.69) is 47.4 Å². The van der Waals surface area contributed by atoms with Crippen molar-refractivity contribution in [2.45, 2.75) is 30.6 Å². The molecular formula is C16H26N2S. The van der Waals surface area contributed by atoms with Gasteiger partial charge in [-0.25, -0.2) is 0 Å². The summed E-state index contributed by atoms with van der Waals surface area (Å²) < 4.78 is 0. The summed E-state index contributed by atoms with van der Waals surface area (Å²) in [6.45, 7) is 5.02. The average molecular weight is 278 g/mol. The molecule has 2 rings (SSSR count). The molecule has 0 amide bonds. The molecule has 1 aliphatic heterocycles. The third kappa shape index (κ3) is 4.43. The largest absolute Gasteiger partial charge is 0.374 e. The van der Waals surface area contributed by atoms with E-state index >= 15 is 0 Å². The predicted molar refractivity (Wildman–Crippen MR) is 86.4 cm³/mol. The molecule has 1 heterocycles. The van der Waals surface area contributed by atoms with Gasteiger partial charge in [0.2, 0.25) is 0 Å². The molecule has 1 aromatic carbocycles. The van der Waals surface area contributed by atoms with Gasteiger partial charge in [0.25, 0.3) is 0 Å². The van der Waals surface area contributed by atoms with Crippen molar-refractivity contribution in [1.82, 2.24) is 4.90 Å². The fourth-order valence-corrected chi connectivity index (χ4v) is 3.43. The third-order valence-corrected chi connectivity index (χ3v) is 4.70. The van der Waals surface area contributed by atoms with Gasteiger partial charge in [-0.15, -0.1) is 11.8 Å². The van der Waals surface area contributed by atoms with E-state index in [1.165, 1.54) is 55.9 Å². The topological polar surface area (TPSA) is 6.48 Å². The zero-order chi connectivity index (χ0) is 13.5. The maximum atomic E-state index is 2.62. The van der Waals surface area contributed by atoms with Gasteiger partial charge in [0.1, 0.15) is 0 Å². The van der Waals surface area contributed by atoms with Crippen LogP contribution in [0.15, 0.2) is 29.2 Å². The molecule has 0 aliphatic carbocycles. The Hall–Kier alpha value is -0.670. The van der Waals surface area contributed by atoms with Crippen LogP contribution in [0.1, 0.15) is 25.7 Å². The quantitative estimate of drug-likeness (QED) is 0.732. The van der Waals surface area contributed by atoms with E-state index in [0.29, 0.717) is 0 Å². The highest BCUT2D eigenvalue weighted by atomic mass is 32.2. The van der Waals surface area contributed by atoms with Crippen molar-refractivity contribution in [3.8, 4) is 0 Å². The van der Waals surface area contributed by atoms with Crippen molar-refractivity contribution < 1.29 is 0 Å². The van der Waals surface area contributed by atoms with Crippen LogP contribution in [0.5, 0.6) is 0 Å². The maximum Gasteiger partial charge on any atom is 0.0501 e. The fourth-order valence-electron chi connectivity index (χ4n) is 2.78. The second-order valence-corrected chi connectivity index (χ2v) is 6.20. The van der Waals surface area contributed by atoms with E-state index in [1.807, 2.05) is 11.8 Å². The molecule has 0 spiro atoms. The number of hydrogen-bond donors (Lipinski definition) is 0. The van der Waals surface area contributed by atoms with Gasteiger partial charge in [-0.3, -0.25) is 0 Å². The first-order valence-electron chi connectivity index (χ1n) is 7.38. The third-order valence-electron chi connectivity index (χ3n) is 3.91. The lowest BCUT2D eigenvalue weighted by Crippen LogP contribution is -2.32. The summed E-state index contributed by atoms with van der Waals surface area (Å²) in [4.78, 5) is 6.40. The lowest BCUT2D eigenvalue weighted by molar-refractivity contribution is 0.227. The van der Waals surface area contributed by atoms with Crippen molar-refractivity contribution in [3.63, 3.8) is 0 Å². The fraction of sp³-hybridized carbons (Fsp3) is 0.625. The first-order valence-corrected chi connectivity index (χ1v) is 8.60. The minimum atomic E-state index is 1.15. The Balaban J connectivity index is 1.78. The van der Waals surface area contributed by atoms with Crippen LogP contribution in [0, 0.1) is 0 Å². The molecule has 1 saturated heterocycles. The molecule has 0 atom stereocenters. The Bertz CT molecular complexity index is 375. The van der Waals surface area contributed by atoms with E-state index in [9.17, 15) is 0 Å². The van der Waals surface area contributed by atoms with Crippen molar-refractivity contribution in [2.75, 3.05) is 44.4 Å². The molecule has 0 bridgehead atoms. The van der Waals surface area contributed by atoms with Crippen LogP contribution >= 0.6 is 11.8 Å². The molecule has 1 aliphatic rings. The number of anilines is 1. The lowest BCUT2D eigenvalue weighted by atomic mass is 10.1. The van der Waals surface area contributed by atoms with Crippen molar-refractivity contribution in [1.29, 1.82) is 0 Å². The molecule has 3 heteroatoms. The van der Waals surface area contributed by atoms with Gasteiger partial charge in [-0.05, 0) is 57.3 Å². The van der Waals surface area contributed by atoms with Crippen LogP contribution in [0.3, 0.4) is 0 Å². The number of hydrogen-bond acceptors (Lipinski definition) is 3. The normalized spacial score (nSPS) is 16.5. The summed E-state index contributed by atoms with van der Waals surface area (Å²) in [7, 11) is 2.21. The van der Waals surface area contributed by atoms with Gasteiger partial charge >= 0.3 is 0 Å². The molecule has 0 aromatic heterocycles. The summed E-state index contributed by atoms with van der Waals surface area (Å²) in [5.74, 6) is 0. The highest BCUT2D eigenvalue weighted by Crippen LogP contribution is 2.27. The zero-order valence-corrected chi connectivity index (χ0v) is 13.1. The van der Waals surface area contributed by atoms with Gasteiger partial charge in [0, 0.05) is 18.5 Å². The van der Waals surface area contributed by atoms with Crippen LogP contribution in [-0.4, -0.2) is 44.4 Å². The number of rotatable bonds is 6. The first-order chi connectivity index (χ1) is 9.31. The number of nitrogens with zero attached hydrogens (tertiary/aromatic N) is 2. The monoisotopic (exact) mass is 278 g/mol. The van der Waals surface area contributed by atoms with Crippen LogP contribution in [0.25, 0.3) is 0 Å².